The van der Waals surface area contributed by atoms with Crippen LogP contribution in [0.2, 0.25) is 0 Å². The number of hydrogen-bond acceptors (Lipinski definition) is 1. The van der Waals surface area contributed by atoms with E-state index >= 15 is 0 Å². The first-order valence-corrected chi connectivity index (χ1v) is 13.4. The molecule has 0 radical (unpaired) electrons. The van der Waals surface area contributed by atoms with Gasteiger partial charge < -0.3 is 5.73 Å². The minimum Gasteiger partial charge on any atom is -0.322 e. The number of hydrogen-bond donors (Lipinski definition) is 1. The molecule has 174 valence electrons. The molecule has 1 aromatic rings. The van der Waals surface area contributed by atoms with Crippen LogP contribution in [0.5, 0.6) is 0 Å². The van der Waals surface area contributed by atoms with Gasteiger partial charge in [0, 0.05) is 5.54 Å². The highest BCUT2D eigenvalue weighted by molar-refractivity contribution is 5.32. The van der Waals surface area contributed by atoms with Crippen LogP contribution in [0.4, 0.5) is 0 Å². The van der Waals surface area contributed by atoms with Crippen LogP contribution in [0.1, 0.15) is 147 Å². The number of unbranched alkanes of at least 4 members (excludes halogenated alkanes) is 17. The fourth-order valence-corrected chi connectivity index (χ4v) is 4.58. The largest absolute Gasteiger partial charge is 0.322 e. The van der Waals surface area contributed by atoms with Crippen molar-refractivity contribution in [2.24, 2.45) is 5.73 Å². The third kappa shape index (κ3) is 14.2. The van der Waals surface area contributed by atoms with Gasteiger partial charge >= 0.3 is 0 Å². The van der Waals surface area contributed by atoms with Gasteiger partial charge in [0.15, 0.2) is 0 Å². The van der Waals surface area contributed by atoms with E-state index in [2.05, 4.69) is 45.0 Å². The third-order valence-corrected chi connectivity index (χ3v) is 6.51. The molecule has 1 nitrogen and oxygen atoms in total. The molecule has 0 saturated carbocycles. The molecule has 0 aliphatic carbocycles. The first kappa shape index (κ1) is 27.2. The minimum atomic E-state index is -0.231. The molecule has 0 fully saturated rings. The van der Waals surface area contributed by atoms with E-state index in [0.29, 0.717) is 0 Å². The molecule has 2 N–H and O–H groups in total. The van der Waals surface area contributed by atoms with E-state index in [1.54, 1.807) is 0 Å². The normalized spacial score (nSPS) is 11.9. The van der Waals surface area contributed by atoms with Gasteiger partial charge in [-0.1, -0.05) is 140 Å². The first-order chi connectivity index (χ1) is 14.6. The van der Waals surface area contributed by atoms with Crippen molar-refractivity contribution in [2.45, 2.75) is 148 Å². The fraction of sp³-hybridized carbons (Fsp3) is 0.793. The number of benzene rings is 1. The molecule has 30 heavy (non-hydrogen) atoms. The van der Waals surface area contributed by atoms with E-state index in [1.807, 2.05) is 0 Å². The van der Waals surface area contributed by atoms with Crippen LogP contribution >= 0.6 is 0 Å². The van der Waals surface area contributed by atoms with Crippen LogP contribution in [0.25, 0.3) is 0 Å². The molecule has 0 spiro atoms. The van der Waals surface area contributed by atoms with Gasteiger partial charge in [-0.25, -0.2) is 0 Å². The van der Waals surface area contributed by atoms with Crippen LogP contribution in [0, 0.1) is 0 Å². The summed E-state index contributed by atoms with van der Waals surface area (Å²) in [5, 5.41) is 0. The van der Waals surface area contributed by atoms with Gasteiger partial charge in [0.1, 0.15) is 0 Å². The molecule has 0 heterocycles. The highest BCUT2D eigenvalue weighted by Crippen LogP contribution is 2.23. The summed E-state index contributed by atoms with van der Waals surface area (Å²) in [7, 11) is 0. The molecular formula is C29H53N. The molecule has 1 rings (SSSR count). The Kier molecular flexibility index (Phi) is 16.2. The summed E-state index contributed by atoms with van der Waals surface area (Å²) in [5.74, 6) is 0. The van der Waals surface area contributed by atoms with Crippen molar-refractivity contribution in [1.29, 1.82) is 0 Å². The molecule has 0 aliphatic rings. The number of nitrogens with two attached hydrogens (primary N) is 1. The number of rotatable bonds is 20. The van der Waals surface area contributed by atoms with E-state index in [1.165, 1.54) is 133 Å². The van der Waals surface area contributed by atoms with Crippen molar-refractivity contribution < 1.29 is 0 Å². The average molecular weight is 416 g/mol. The number of aryl methyl sites for hydroxylation is 1. The molecule has 1 aromatic carbocycles. The summed E-state index contributed by atoms with van der Waals surface area (Å²) >= 11 is 0. The second-order valence-electron chi connectivity index (χ2n) is 10.1. The molecular weight excluding hydrogens is 362 g/mol. The van der Waals surface area contributed by atoms with E-state index in [9.17, 15) is 0 Å². The molecule has 0 atom stereocenters. The van der Waals surface area contributed by atoms with Crippen molar-refractivity contribution >= 4 is 0 Å². The quantitative estimate of drug-likeness (QED) is 0.211. The molecule has 0 amide bonds. The van der Waals surface area contributed by atoms with Crippen LogP contribution in [-0.2, 0) is 12.0 Å². The highest BCUT2D eigenvalue weighted by atomic mass is 14.7. The predicted molar refractivity (Wildman–Crippen MR) is 136 cm³/mol. The molecule has 0 unspecified atom stereocenters. The fourth-order valence-electron chi connectivity index (χ4n) is 4.58. The lowest BCUT2D eigenvalue weighted by molar-refractivity contribution is 0.523. The Morgan fingerprint density at radius 3 is 1.33 bits per heavy atom. The van der Waals surface area contributed by atoms with Crippen molar-refractivity contribution in [3.05, 3.63) is 35.4 Å². The summed E-state index contributed by atoms with van der Waals surface area (Å²) in [4.78, 5) is 0. The summed E-state index contributed by atoms with van der Waals surface area (Å²) in [6.07, 6.45) is 27.0. The van der Waals surface area contributed by atoms with Gasteiger partial charge in [0.05, 0.1) is 0 Å². The monoisotopic (exact) mass is 415 g/mol. The van der Waals surface area contributed by atoms with Gasteiger partial charge in [0.2, 0.25) is 0 Å². The zero-order valence-electron chi connectivity index (χ0n) is 20.8. The second kappa shape index (κ2) is 17.8. The van der Waals surface area contributed by atoms with Crippen LogP contribution < -0.4 is 5.73 Å². The maximum Gasteiger partial charge on any atom is 0.0355 e. The van der Waals surface area contributed by atoms with Crippen molar-refractivity contribution in [1.82, 2.24) is 0 Å². The van der Waals surface area contributed by atoms with Gasteiger partial charge in [-0.3, -0.25) is 0 Å². The van der Waals surface area contributed by atoms with Gasteiger partial charge in [-0.2, -0.15) is 0 Å². The SMILES string of the molecule is CCCCCCCCCCCCCCCCCCCCc1ccccc1C(C)(C)N. The zero-order valence-corrected chi connectivity index (χ0v) is 20.8. The van der Waals surface area contributed by atoms with Crippen LogP contribution in [0.15, 0.2) is 24.3 Å². The molecule has 1 heteroatoms. The van der Waals surface area contributed by atoms with E-state index < -0.39 is 0 Å². The first-order valence-electron chi connectivity index (χ1n) is 13.4. The van der Waals surface area contributed by atoms with Crippen LogP contribution in [-0.4, -0.2) is 0 Å². The summed E-state index contributed by atoms with van der Waals surface area (Å²) in [6, 6.07) is 8.73. The molecule has 0 aliphatic heterocycles. The summed E-state index contributed by atoms with van der Waals surface area (Å²) in [5.41, 5.74) is 8.86. The molecule has 0 bridgehead atoms. The highest BCUT2D eigenvalue weighted by Gasteiger charge is 2.17. The Hall–Kier alpha value is -0.820. The standard InChI is InChI=1S/C29H53N/c1-4-5-6-7-8-9-10-11-12-13-14-15-16-17-18-19-20-21-24-27-25-22-23-26-28(27)29(2,3)30/h22-23,25-26H,4-21,24,30H2,1-3H3. The van der Waals surface area contributed by atoms with Crippen molar-refractivity contribution in [3.63, 3.8) is 0 Å². The lowest BCUT2D eigenvalue weighted by Crippen LogP contribution is -2.30. The Bertz CT molecular complexity index is 499. The third-order valence-electron chi connectivity index (χ3n) is 6.51. The van der Waals surface area contributed by atoms with E-state index in [4.69, 9.17) is 5.73 Å². The Labute approximate surface area is 189 Å². The van der Waals surface area contributed by atoms with Crippen molar-refractivity contribution in [3.8, 4) is 0 Å². The maximum atomic E-state index is 6.33. The molecule has 0 aromatic heterocycles. The smallest absolute Gasteiger partial charge is 0.0355 e. The summed E-state index contributed by atoms with van der Waals surface area (Å²) < 4.78 is 0. The Morgan fingerprint density at radius 1 is 0.567 bits per heavy atom. The minimum absolute atomic E-state index is 0.231. The van der Waals surface area contributed by atoms with E-state index in [0.717, 1.165) is 0 Å². The lowest BCUT2D eigenvalue weighted by Gasteiger charge is -2.23. The average Bonchev–Trinajstić information content (AvgIpc) is 2.72. The zero-order chi connectivity index (χ0) is 21.9. The topological polar surface area (TPSA) is 26.0 Å². The lowest BCUT2D eigenvalue weighted by atomic mass is 9.89. The Balaban J connectivity index is 1.86. The van der Waals surface area contributed by atoms with Crippen molar-refractivity contribution in [2.75, 3.05) is 0 Å². The van der Waals surface area contributed by atoms with Gasteiger partial charge in [0.25, 0.3) is 0 Å². The Morgan fingerprint density at radius 2 is 0.933 bits per heavy atom. The van der Waals surface area contributed by atoms with Crippen LogP contribution in [0.3, 0.4) is 0 Å². The van der Waals surface area contributed by atoms with E-state index in [-0.39, 0.29) is 5.54 Å². The maximum absolute atomic E-state index is 6.33. The second-order valence-corrected chi connectivity index (χ2v) is 10.1. The predicted octanol–water partition coefficient (Wildman–Crippen LogP) is 9.46. The van der Waals surface area contributed by atoms with Gasteiger partial charge in [-0.05, 0) is 37.8 Å². The van der Waals surface area contributed by atoms with Gasteiger partial charge in [-0.15, -0.1) is 0 Å². The summed E-state index contributed by atoms with van der Waals surface area (Å²) in [6.45, 7) is 6.52. The molecule has 0 saturated heterocycles.